The van der Waals surface area contributed by atoms with Crippen LogP contribution in [0, 0.1) is 11.8 Å². The monoisotopic (exact) mass is 376 g/mol. The summed E-state index contributed by atoms with van der Waals surface area (Å²) in [7, 11) is 0. The molecule has 2 aliphatic carbocycles. The predicted molar refractivity (Wildman–Crippen MR) is 88.5 cm³/mol. The molecule has 112 valence electrons. The van der Waals surface area contributed by atoms with E-state index in [0.29, 0.717) is 17.9 Å². The van der Waals surface area contributed by atoms with Gasteiger partial charge >= 0.3 is 0 Å². The van der Waals surface area contributed by atoms with E-state index in [9.17, 15) is 0 Å². The molecule has 2 aliphatic heterocycles. The van der Waals surface area contributed by atoms with Gasteiger partial charge in [-0.1, -0.05) is 39.7 Å². The molecule has 2 aromatic carbocycles. The van der Waals surface area contributed by atoms with Gasteiger partial charge in [-0.05, 0) is 47.9 Å². The Morgan fingerprint density at radius 3 is 2.73 bits per heavy atom. The quantitative estimate of drug-likeness (QED) is 0.783. The molecule has 2 bridgehead atoms. The molecular weight excluding hydrogens is 364 g/mol. The summed E-state index contributed by atoms with van der Waals surface area (Å²) in [6.07, 6.45) is 1.19. The van der Waals surface area contributed by atoms with Crippen molar-refractivity contribution in [1.82, 2.24) is 0 Å². The minimum atomic E-state index is 0.0507. The molecule has 4 heteroatoms. The van der Waals surface area contributed by atoms with Crippen molar-refractivity contribution >= 4 is 27.5 Å². The number of halogens is 2. The maximum Gasteiger partial charge on any atom is 0.147 e. The van der Waals surface area contributed by atoms with Crippen LogP contribution < -0.4 is 4.74 Å². The molecule has 0 spiro atoms. The number of hydrogen-bond acceptors (Lipinski definition) is 2. The highest BCUT2D eigenvalue weighted by Gasteiger charge is 2.95. The fourth-order valence-corrected chi connectivity index (χ4v) is 4.41. The molecule has 0 aromatic heterocycles. The molecule has 2 heterocycles. The number of hydrogen-bond donors (Lipinski definition) is 0. The standard InChI is InChI=1S/C18H14BrClO2/c19-12-3-6-15(20)11(8-12)7-10-1-4-13(5-2-10)22-18-14-9-21-17(18)16(14)18/h1-6,8,14,16-17H,7,9H2. The molecule has 22 heavy (non-hydrogen) atoms. The van der Waals surface area contributed by atoms with Gasteiger partial charge in [-0.15, -0.1) is 0 Å². The van der Waals surface area contributed by atoms with Crippen LogP contribution in [0.2, 0.25) is 5.02 Å². The van der Waals surface area contributed by atoms with Gasteiger partial charge < -0.3 is 9.47 Å². The lowest BCUT2D eigenvalue weighted by Gasteiger charge is -2.11. The van der Waals surface area contributed by atoms with E-state index in [-0.39, 0.29) is 5.60 Å². The Balaban J connectivity index is 1.31. The molecule has 6 rings (SSSR count). The van der Waals surface area contributed by atoms with Crippen molar-refractivity contribution in [2.45, 2.75) is 18.1 Å². The Hall–Kier alpha value is -1.03. The first kappa shape index (κ1) is 13.4. The fourth-order valence-electron chi connectivity index (χ4n) is 3.82. The van der Waals surface area contributed by atoms with Gasteiger partial charge in [-0.25, -0.2) is 0 Å². The summed E-state index contributed by atoms with van der Waals surface area (Å²) in [6.45, 7) is 0.884. The molecule has 0 radical (unpaired) electrons. The van der Waals surface area contributed by atoms with Crippen molar-refractivity contribution in [1.29, 1.82) is 0 Å². The van der Waals surface area contributed by atoms with E-state index in [2.05, 4.69) is 46.3 Å². The van der Waals surface area contributed by atoms with Gasteiger partial charge in [0, 0.05) is 21.3 Å². The summed E-state index contributed by atoms with van der Waals surface area (Å²) >= 11 is 9.75. The molecule has 4 atom stereocenters. The third-order valence-corrected chi connectivity index (χ3v) is 6.02. The van der Waals surface area contributed by atoms with Gasteiger partial charge in [0.2, 0.25) is 0 Å². The zero-order valence-corrected chi connectivity index (χ0v) is 14.1. The van der Waals surface area contributed by atoms with E-state index in [0.717, 1.165) is 33.8 Å². The normalized spacial score (nSPS) is 33.5. The zero-order valence-electron chi connectivity index (χ0n) is 11.8. The highest BCUT2D eigenvalue weighted by atomic mass is 79.9. The molecule has 0 amide bonds. The van der Waals surface area contributed by atoms with Crippen LogP contribution >= 0.6 is 27.5 Å². The van der Waals surface area contributed by atoms with Crippen LogP contribution in [-0.2, 0) is 11.2 Å². The largest absolute Gasteiger partial charge is 0.484 e. The second-order valence-electron chi connectivity index (χ2n) is 6.40. The van der Waals surface area contributed by atoms with Crippen LogP contribution in [0.15, 0.2) is 46.9 Å². The van der Waals surface area contributed by atoms with Gasteiger partial charge in [0.1, 0.15) is 17.5 Å². The highest BCUT2D eigenvalue weighted by Crippen LogP contribution is 2.79. The summed E-state index contributed by atoms with van der Waals surface area (Å²) in [4.78, 5) is 0. The lowest BCUT2D eigenvalue weighted by molar-refractivity contribution is 0.132. The molecule has 2 saturated carbocycles. The first-order chi connectivity index (χ1) is 10.7. The van der Waals surface area contributed by atoms with Gasteiger partial charge in [0.15, 0.2) is 0 Å². The number of fused-ring (bicyclic) bond motifs is 1. The third kappa shape index (κ3) is 1.82. The zero-order chi connectivity index (χ0) is 14.9. The van der Waals surface area contributed by atoms with Crippen molar-refractivity contribution in [3.63, 3.8) is 0 Å². The number of benzene rings is 2. The Kier molecular flexibility index (Phi) is 2.74. The molecule has 4 unspecified atom stereocenters. The molecule has 2 nitrogen and oxygen atoms in total. The van der Waals surface area contributed by atoms with Crippen molar-refractivity contribution in [2.75, 3.05) is 6.61 Å². The molecule has 4 aliphatic rings. The molecule has 2 aromatic rings. The van der Waals surface area contributed by atoms with Crippen molar-refractivity contribution in [2.24, 2.45) is 11.8 Å². The summed E-state index contributed by atoms with van der Waals surface area (Å²) in [5, 5.41) is 0.801. The fraction of sp³-hybridized carbons (Fsp3) is 0.333. The first-order valence-corrected chi connectivity index (χ1v) is 8.69. The SMILES string of the molecule is Clc1ccc(Br)cc1Cc1ccc(OC23C4COC2C43)cc1. The minimum absolute atomic E-state index is 0.0507. The Bertz CT molecular complexity index is 737. The van der Waals surface area contributed by atoms with Crippen LogP contribution in [0.4, 0.5) is 0 Å². The lowest BCUT2D eigenvalue weighted by atomic mass is 10.0. The third-order valence-electron chi connectivity index (χ3n) is 5.16. The summed E-state index contributed by atoms with van der Waals surface area (Å²) < 4.78 is 12.8. The molecule has 2 saturated heterocycles. The van der Waals surface area contributed by atoms with Crippen molar-refractivity contribution < 1.29 is 9.47 Å². The summed E-state index contributed by atoms with van der Waals surface area (Å²) in [5.74, 6) is 2.27. The molecular formula is C18H14BrClO2. The smallest absolute Gasteiger partial charge is 0.147 e. The Morgan fingerprint density at radius 2 is 2.05 bits per heavy atom. The number of rotatable bonds is 4. The average molecular weight is 378 g/mol. The number of ether oxygens (including phenoxy) is 2. The highest BCUT2D eigenvalue weighted by molar-refractivity contribution is 9.10. The van der Waals surface area contributed by atoms with Gasteiger partial charge in [0.25, 0.3) is 0 Å². The van der Waals surface area contributed by atoms with Crippen LogP contribution in [0.5, 0.6) is 5.75 Å². The van der Waals surface area contributed by atoms with E-state index < -0.39 is 0 Å². The Morgan fingerprint density at radius 1 is 1.23 bits per heavy atom. The van der Waals surface area contributed by atoms with Crippen molar-refractivity contribution in [3.8, 4) is 5.75 Å². The van der Waals surface area contributed by atoms with E-state index in [1.165, 1.54) is 5.56 Å². The summed E-state index contributed by atoms with van der Waals surface area (Å²) in [5.41, 5.74) is 2.40. The lowest BCUT2D eigenvalue weighted by Crippen LogP contribution is -2.17. The minimum Gasteiger partial charge on any atom is -0.484 e. The van der Waals surface area contributed by atoms with Crippen LogP contribution in [-0.4, -0.2) is 18.3 Å². The second kappa shape index (κ2) is 4.50. The Labute approximate surface area is 142 Å². The maximum atomic E-state index is 6.26. The van der Waals surface area contributed by atoms with E-state index in [4.69, 9.17) is 21.1 Å². The average Bonchev–Trinajstić information content (AvgIpc) is 3.14. The van der Waals surface area contributed by atoms with Crippen molar-refractivity contribution in [3.05, 3.63) is 63.1 Å². The maximum absolute atomic E-state index is 6.26. The van der Waals surface area contributed by atoms with Crippen LogP contribution in [0.3, 0.4) is 0 Å². The predicted octanol–water partition coefficient (Wildman–Crippen LogP) is 4.47. The second-order valence-corrected chi connectivity index (χ2v) is 7.72. The molecule has 4 fully saturated rings. The van der Waals surface area contributed by atoms with Gasteiger partial charge in [-0.2, -0.15) is 0 Å². The summed E-state index contributed by atoms with van der Waals surface area (Å²) in [6, 6.07) is 14.3. The van der Waals surface area contributed by atoms with Crippen LogP contribution in [0.1, 0.15) is 11.1 Å². The van der Waals surface area contributed by atoms with Crippen LogP contribution in [0.25, 0.3) is 0 Å². The molecule has 0 N–H and O–H groups in total. The van der Waals surface area contributed by atoms with E-state index in [1.807, 2.05) is 12.1 Å². The van der Waals surface area contributed by atoms with Gasteiger partial charge in [-0.3, -0.25) is 0 Å². The van der Waals surface area contributed by atoms with E-state index >= 15 is 0 Å². The van der Waals surface area contributed by atoms with Gasteiger partial charge in [0.05, 0.1) is 6.61 Å². The van der Waals surface area contributed by atoms with E-state index in [1.54, 1.807) is 0 Å². The topological polar surface area (TPSA) is 18.5 Å². The first-order valence-electron chi connectivity index (χ1n) is 7.52.